The second kappa shape index (κ2) is 6.42. The standard InChI is InChI=1S/C23H24/c1-5-20-22(15-14-19-11-7-9-13-23(19)20)18(4)17(3)21-12-8-6-10-16(21)2/h6-15H,5H2,1-4H3/b18-17+. The number of allylic oxidation sites excluding steroid dienone is 2. The van der Waals surface area contributed by atoms with E-state index in [0.29, 0.717) is 0 Å². The highest BCUT2D eigenvalue weighted by atomic mass is 14.2. The fraction of sp³-hybridized carbons (Fsp3) is 0.217. The predicted molar refractivity (Wildman–Crippen MR) is 103 cm³/mol. The molecule has 3 rings (SSSR count). The Balaban J connectivity index is 2.23. The van der Waals surface area contributed by atoms with Crippen molar-refractivity contribution < 1.29 is 0 Å². The van der Waals surface area contributed by atoms with E-state index in [2.05, 4.69) is 88.4 Å². The quantitative estimate of drug-likeness (QED) is 0.474. The van der Waals surface area contributed by atoms with Crippen LogP contribution in [0.1, 0.15) is 43.0 Å². The number of rotatable bonds is 3. The van der Waals surface area contributed by atoms with E-state index in [-0.39, 0.29) is 0 Å². The molecule has 0 heteroatoms. The third-order valence-corrected chi connectivity index (χ3v) is 4.91. The van der Waals surface area contributed by atoms with Crippen LogP contribution in [0.3, 0.4) is 0 Å². The van der Waals surface area contributed by atoms with E-state index in [0.717, 1.165) is 6.42 Å². The van der Waals surface area contributed by atoms with Gasteiger partial charge in [0.05, 0.1) is 0 Å². The fourth-order valence-corrected chi connectivity index (χ4v) is 3.47. The highest BCUT2D eigenvalue weighted by molar-refractivity contribution is 5.96. The van der Waals surface area contributed by atoms with Crippen LogP contribution in [0.4, 0.5) is 0 Å². The maximum absolute atomic E-state index is 2.29. The molecule has 0 radical (unpaired) electrons. The van der Waals surface area contributed by atoms with E-state index in [4.69, 9.17) is 0 Å². The van der Waals surface area contributed by atoms with E-state index in [1.165, 1.54) is 44.2 Å². The Morgan fingerprint density at radius 1 is 0.739 bits per heavy atom. The smallest absolute Gasteiger partial charge is 0.0146 e. The summed E-state index contributed by atoms with van der Waals surface area (Å²) in [5.41, 5.74) is 8.26. The van der Waals surface area contributed by atoms with Crippen LogP contribution >= 0.6 is 0 Å². The molecule has 0 aromatic heterocycles. The third kappa shape index (κ3) is 2.82. The first-order valence-electron chi connectivity index (χ1n) is 8.38. The van der Waals surface area contributed by atoms with Crippen LogP contribution in [0.15, 0.2) is 60.7 Å². The molecule has 0 fully saturated rings. The molecule has 0 N–H and O–H groups in total. The van der Waals surface area contributed by atoms with Crippen molar-refractivity contribution in [1.29, 1.82) is 0 Å². The predicted octanol–water partition coefficient (Wildman–Crippen LogP) is 6.66. The molecule has 0 aliphatic heterocycles. The van der Waals surface area contributed by atoms with E-state index in [9.17, 15) is 0 Å². The molecule has 23 heavy (non-hydrogen) atoms. The summed E-state index contributed by atoms with van der Waals surface area (Å²) in [5.74, 6) is 0. The summed E-state index contributed by atoms with van der Waals surface area (Å²) < 4.78 is 0. The molecular formula is C23H24. The van der Waals surface area contributed by atoms with Crippen LogP contribution in [0.2, 0.25) is 0 Å². The van der Waals surface area contributed by atoms with Gasteiger partial charge in [-0.25, -0.2) is 0 Å². The van der Waals surface area contributed by atoms with Gasteiger partial charge in [-0.1, -0.05) is 67.6 Å². The molecule has 0 aliphatic carbocycles. The minimum Gasteiger partial charge on any atom is -0.0620 e. The summed E-state index contributed by atoms with van der Waals surface area (Å²) in [6.45, 7) is 8.94. The normalized spacial score (nSPS) is 12.3. The van der Waals surface area contributed by atoms with Gasteiger partial charge in [0.2, 0.25) is 0 Å². The average molecular weight is 300 g/mol. The largest absolute Gasteiger partial charge is 0.0620 e. The van der Waals surface area contributed by atoms with Gasteiger partial charge in [-0.05, 0) is 71.4 Å². The lowest BCUT2D eigenvalue weighted by molar-refractivity contribution is 1.15. The maximum Gasteiger partial charge on any atom is -0.0146 e. The van der Waals surface area contributed by atoms with Gasteiger partial charge < -0.3 is 0 Å². The molecule has 0 nitrogen and oxygen atoms in total. The lowest BCUT2D eigenvalue weighted by atomic mass is 9.89. The van der Waals surface area contributed by atoms with Crippen molar-refractivity contribution in [2.75, 3.05) is 0 Å². The van der Waals surface area contributed by atoms with E-state index >= 15 is 0 Å². The summed E-state index contributed by atoms with van der Waals surface area (Å²) in [6, 6.07) is 21.9. The summed E-state index contributed by atoms with van der Waals surface area (Å²) in [5, 5.41) is 2.71. The highest BCUT2D eigenvalue weighted by Gasteiger charge is 2.11. The van der Waals surface area contributed by atoms with Crippen LogP contribution in [0, 0.1) is 6.92 Å². The van der Waals surface area contributed by atoms with Gasteiger partial charge in [-0.15, -0.1) is 0 Å². The average Bonchev–Trinajstić information content (AvgIpc) is 2.60. The molecule has 0 heterocycles. The SMILES string of the molecule is CCc1c(/C(C)=C(\C)c2ccccc2C)ccc2ccccc12. The van der Waals surface area contributed by atoms with Crippen molar-refractivity contribution >= 4 is 21.9 Å². The molecule has 3 aromatic rings. The second-order valence-corrected chi connectivity index (χ2v) is 6.23. The van der Waals surface area contributed by atoms with Crippen molar-refractivity contribution in [2.45, 2.75) is 34.1 Å². The van der Waals surface area contributed by atoms with E-state index < -0.39 is 0 Å². The zero-order valence-corrected chi connectivity index (χ0v) is 14.5. The molecule has 0 aliphatic rings. The molecule has 3 aromatic carbocycles. The van der Waals surface area contributed by atoms with Gasteiger partial charge in [-0.2, -0.15) is 0 Å². The molecule has 0 atom stereocenters. The van der Waals surface area contributed by atoms with Gasteiger partial charge in [0.25, 0.3) is 0 Å². The Kier molecular flexibility index (Phi) is 4.34. The maximum atomic E-state index is 2.29. The van der Waals surface area contributed by atoms with Crippen molar-refractivity contribution in [3.05, 3.63) is 82.9 Å². The van der Waals surface area contributed by atoms with Crippen LogP contribution in [-0.2, 0) is 6.42 Å². The number of hydrogen-bond acceptors (Lipinski definition) is 0. The van der Waals surface area contributed by atoms with Gasteiger partial charge in [0.1, 0.15) is 0 Å². The molecule has 0 saturated heterocycles. The van der Waals surface area contributed by atoms with Crippen molar-refractivity contribution in [3.8, 4) is 0 Å². The van der Waals surface area contributed by atoms with Gasteiger partial charge >= 0.3 is 0 Å². The Bertz CT molecular complexity index is 881. The molecule has 0 saturated carbocycles. The Labute approximate surface area is 139 Å². The summed E-state index contributed by atoms with van der Waals surface area (Å²) in [6.07, 6.45) is 1.05. The first kappa shape index (κ1) is 15.6. The zero-order valence-electron chi connectivity index (χ0n) is 14.5. The van der Waals surface area contributed by atoms with Crippen LogP contribution in [0.5, 0.6) is 0 Å². The molecular weight excluding hydrogens is 276 g/mol. The van der Waals surface area contributed by atoms with Gasteiger partial charge in [0, 0.05) is 0 Å². The molecule has 0 spiro atoms. The van der Waals surface area contributed by atoms with Crippen molar-refractivity contribution in [1.82, 2.24) is 0 Å². The third-order valence-electron chi connectivity index (χ3n) is 4.91. The highest BCUT2D eigenvalue weighted by Crippen LogP contribution is 2.33. The molecule has 116 valence electrons. The Hall–Kier alpha value is -2.34. The minimum atomic E-state index is 1.05. The van der Waals surface area contributed by atoms with Crippen molar-refractivity contribution in [3.63, 3.8) is 0 Å². The van der Waals surface area contributed by atoms with Gasteiger partial charge in [-0.3, -0.25) is 0 Å². The monoisotopic (exact) mass is 300 g/mol. The number of benzene rings is 3. The number of hydrogen-bond donors (Lipinski definition) is 0. The Morgan fingerprint density at radius 3 is 2.13 bits per heavy atom. The van der Waals surface area contributed by atoms with Crippen LogP contribution < -0.4 is 0 Å². The lowest BCUT2D eigenvalue weighted by Crippen LogP contribution is -1.95. The van der Waals surface area contributed by atoms with E-state index in [1.54, 1.807) is 0 Å². The summed E-state index contributed by atoms with van der Waals surface area (Å²) in [7, 11) is 0. The first-order valence-corrected chi connectivity index (χ1v) is 8.38. The second-order valence-electron chi connectivity index (χ2n) is 6.23. The Morgan fingerprint density at radius 2 is 1.39 bits per heavy atom. The fourth-order valence-electron chi connectivity index (χ4n) is 3.47. The summed E-state index contributed by atoms with van der Waals surface area (Å²) >= 11 is 0. The molecule has 0 amide bonds. The van der Waals surface area contributed by atoms with Crippen LogP contribution in [-0.4, -0.2) is 0 Å². The molecule has 0 bridgehead atoms. The van der Waals surface area contributed by atoms with Crippen LogP contribution in [0.25, 0.3) is 21.9 Å². The first-order chi connectivity index (χ1) is 11.1. The lowest BCUT2D eigenvalue weighted by Gasteiger charge is -2.16. The summed E-state index contributed by atoms with van der Waals surface area (Å²) in [4.78, 5) is 0. The minimum absolute atomic E-state index is 1.05. The van der Waals surface area contributed by atoms with Crippen molar-refractivity contribution in [2.24, 2.45) is 0 Å². The van der Waals surface area contributed by atoms with Gasteiger partial charge in [0.15, 0.2) is 0 Å². The zero-order chi connectivity index (χ0) is 16.4. The van der Waals surface area contributed by atoms with E-state index in [1.807, 2.05) is 0 Å². The number of fused-ring (bicyclic) bond motifs is 1. The molecule has 0 unspecified atom stereocenters. The topological polar surface area (TPSA) is 0 Å². The number of aryl methyl sites for hydroxylation is 2.